The number of nitrogens with one attached hydrogen (secondary N) is 2. The van der Waals surface area contributed by atoms with Crippen molar-refractivity contribution < 1.29 is 4.79 Å². The van der Waals surface area contributed by atoms with Crippen LogP contribution in [0.1, 0.15) is 27.5 Å². The number of thiocarbonyl (C=S) groups is 1. The molecule has 0 fully saturated rings. The minimum absolute atomic E-state index is 0.0325. The Kier molecular flexibility index (Phi) is 5.37. The van der Waals surface area contributed by atoms with Crippen molar-refractivity contribution in [2.75, 3.05) is 0 Å². The van der Waals surface area contributed by atoms with Gasteiger partial charge in [-0.3, -0.25) is 4.79 Å². The minimum Gasteiger partial charge on any atom is -0.351 e. The molecule has 0 aliphatic carbocycles. The van der Waals surface area contributed by atoms with Crippen molar-refractivity contribution >= 4 is 44.7 Å². The van der Waals surface area contributed by atoms with Crippen LogP contribution in [0.2, 0.25) is 0 Å². The van der Waals surface area contributed by atoms with Crippen molar-refractivity contribution in [3.05, 3.63) is 112 Å². The molecule has 0 radical (unpaired) electrons. The maximum Gasteiger partial charge on any atom is 0.193 e. The SMILES string of the molecule is O=C(C1=C(c2ccccc2)NC(=S)N[C@@H]1c1ccc(Br)cc1)c1ccccc1. The van der Waals surface area contributed by atoms with E-state index in [0.29, 0.717) is 16.2 Å². The molecule has 0 unspecified atom stereocenters. The minimum atomic E-state index is -0.343. The Morgan fingerprint density at radius 3 is 2.11 bits per heavy atom. The van der Waals surface area contributed by atoms with E-state index in [-0.39, 0.29) is 11.8 Å². The number of hydrogen-bond acceptors (Lipinski definition) is 2. The number of ketones is 1. The van der Waals surface area contributed by atoms with Crippen molar-refractivity contribution in [2.24, 2.45) is 0 Å². The maximum absolute atomic E-state index is 13.6. The van der Waals surface area contributed by atoms with Gasteiger partial charge in [0, 0.05) is 10.0 Å². The highest BCUT2D eigenvalue weighted by Crippen LogP contribution is 2.33. The standard InChI is InChI=1S/C23H17BrN2OS/c24-18-13-11-16(12-14-18)21-19(22(27)17-9-5-2-6-10-17)20(25-23(28)26-21)15-7-3-1-4-8-15/h1-14,21H,(H2,25,26,28)/t21-/m1/s1. The predicted molar refractivity (Wildman–Crippen MR) is 120 cm³/mol. The summed E-state index contributed by atoms with van der Waals surface area (Å²) in [6.45, 7) is 0. The lowest BCUT2D eigenvalue weighted by atomic mass is 9.87. The third-order valence-corrected chi connectivity index (χ3v) is 5.37. The molecule has 5 heteroatoms. The van der Waals surface area contributed by atoms with Crippen LogP contribution in [0.5, 0.6) is 0 Å². The van der Waals surface area contributed by atoms with Crippen LogP contribution in [0.15, 0.2) is 95.0 Å². The monoisotopic (exact) mass is 448 g/mol. The Balaban J connectivity index is 1.92. The Morgan fingerprint density at radius 2 is 1.46 bits per heavy atom. The zero-order valence-corrected chi connectivity index (χ0v) is 17.3. The fourth-order valence-corrected chi connectivity index (χ4v) is 3.78. The third kappa shape index (κ3) is 3.77. The first kappa shape index (κ1) is 18.6. The molecule has 1 aliphatic heterocycles. The zero-order valence-electron chi connectivity index (χ0n) is 14.9. The lowest BCUT2D eigenvalue weighted by Crippen LogP contribution is -2.44. The molecule has 0 bridgehead atoms. The van der Waals surface area contributed by atoms with E-state index in [0.717, 1.165) is 21.3 Å². The van der Waals surface area contributed by atoms with Crippen LogP contribution in [-0.2, 0) is 0 Å². The van der Waals surface area contributed by atoms with Crippen LogP contribution in [0.3, 0.4) is 0 Å². The van der Waals surface area contributed by atoms with E-state index >= 15 is 0 Å². The van der Waals surface area contributed by atoms with Gasteiger partial charge < -0.3 is 10.6 Å². The molecule has 0 spiro atoms. The molecule has 0 aromatic heterocycles. The number of Topliss-reactive ketones (excluding diaryl/α,β-unsaturated/α-hetero) is 1. The molecule has 1 atom stereocenters. The van der Waals surface area contributed by atoms with Gasteiger partial charge in [-0.15, -0.1) is 0 Å². The van der Waals surface area contributed by atoms with Crippen molar-refractivity contribution in [3.8, 4) is 0 Å². The van der Waals surface area contributed by atoms with Crippen LogP contribution >= 0.6 is 28.1 Å². The van der Waals surface area contributed by atoms with Gasteiger partial charge in [0.05, 0.1) is 17.3 Å². The summed E-state index contributed by atoms with van der Waals surface area (Å²) in [7, 11) is 0. The van der Waals surface area contributed by atoms with Gasteiger partial charge in [0.2, 0.25) is 0 Å². The van der Waals surface area contributed by atoms with Gasteiger partial charge in [-0.05, 0) is 35.5 Å². The Bertz CT molecular complexity index is 1050. The maximum atomic E-state index is 13.6. The van der Waals surface area contributed by atoms with Crippen molar-refractivity contribution in [1.82, 2.24) is 10.6 Å². The lowest BCUT2D eigenvalue weighted by molar-refractivity contribution is 0.102. The number of carbonyl (C=O) groups is 1. The van der Waals surface area contributed by atoms with E-state index in [1.807, 2.05) is 84.9 Å². The molecule has 28 heavy (non-hydrogen) atoms. The normalized spacial score (nSPS) is 16.3. The number of carbonyl (C=O) groups excluding carboxylic acids is 1. The number of hydrogen-bond donors (Lipinski definition) is 2. The summed E-state index contributed by atoms with van der Waals surface area (Å²) >= 11 is 8.94. The van der Waals surface area contributed by atoms with Crippen LogP contribution in [0, 0.1) is 0 Å². The highest BCUT2D eigenvalue weighted by Gasteiger charge is 2.32. The molecule has 3 aromatic rings. The van der Waals surface area contributed by atoms with Crippen LogP contribution in [0.4, 0.5) is 0 Å². The summed E-state index contributed by atoms with van der Waals surface area (Å²) in [5, 5.41) is 6.99. The number of halogens is 1. The highest BCUT2D eigenvalue weighted by atomic mass is 79.9. The van der Waals surface area contributed by atoms with Crippen molar-refractivity contribution in [1.29, 1.82) is 0 Å². The molecule has 2 N–H and O–H groups in total. The molecule has 0 saturated carbocycles. The average molecular weight is 449 g/mol. The lowest BCUT2D eigenvalue weighted by Gasteiger charge is -2.32. The molecule has 0 saturated heterocycles. The molecule has 1 heterocycles. The topological polar surface area (TPSA) is 41.1 Å². The van der Waals surface area contributed by atoms with Gasteiger partial charge in [0.15, 0.2) is 10.9 Å². The van der Waals surface area contributed by atoms with Crippen LogP contribution in [0.25, 0.3) is 5.70 Å². The third-order valence-electron chi connectivity index (χ3n) is 4.62. The fourth-order valence-electron chi connectivity index (χ4n) is 3.29. The zero-order chi connectivity index (χ0) is 19.5. The Labute approximate surface area is 177 Å². The number of rotatable bonds is 4. The first-order valence-corrected chi connectivity index (χ1v) is 10.1. The van der Waals surface area contributed by atoms with E-state index in [1.54, 1.807) is 0 Å². The van der Waals surface area contributed by atoms with Crippen LogP contribution < -0.4 is 10.6 Å². The molecular weight excluding hydrogens is 432 g/mol. The second kappa shape index (κ2) is 8.09. The first-order valence-electron chi connectivity index (χ1n) is 8.86. The summed E-state index contributed by atoms with van der Waals surface area (Å²) in [6, 6.07) is 26.7. The van der Waals surface area contributed by atoms with Crippen LogP contribution in [-0.4, -0.2) is 10.9 Å². The van der Waals surface area contributed by atoms with Gasteiger partial charge in [0.25, 0.3) is 0 Å². The molecule has 3 nitrogen and oxygen atoms in total. The van der Waals surface area contributed by atoms with Gasteiger partial charge in [-0.1, -0.05) is 88.7 Å². The summed E-state index contributed by atoms with van der Waals surface area (Å²) < 4.78 is 0.982. The van der Waals surface area contributed by atoms with E-state index in [1.165, 1.54) is 0 Å². The molecule has 138 valence electrons. The van der Waals surface area contributed by atoms with E-state index in [2.05, 4.69) is 26.6 Å². The second-order valence-electron chi connectivity index (χ2n) is 6.43. The Morgan fingerprint density at radius 1 is 0.857 bits per heavy atom. The Hall–Kier alpha value is -2.76. The molecule has 0 amide bonds. The summed E-state index contributed by atoms with van der Waals surface area (Å²) in [5.41, 5.74) is 3.93. The smallest absolute Gasteiger partial charge is 0.193 e. The van der Waals surface area contributed by atoms with E-state index in [4.69, 9.17) is 12.2 Å². The second-order valence-corrected chi connectivity index (χ2v) is 7.76. The molecular formula is C23H17BrN2OS. The van der Waals surface area contributed by atoms with Gasteiger partial charge in [-0.25, -0.2) is 0 Å². The first-order chi connectivity index (χ1) is 13.6. The van der Waals surface area contributed by atoms with Gasteiger partial charge in [-0.2, -0.15) is 0 Å². The van der Waals surface area contributed by atoms with E-state index in [9.17, 15) is 4.79 Å². The summed E-state index contributed by atoms with van der Waals surface area (Å²) in [4.78, 5) is 13.6. The fraction of sp³-hybridized carbons (Fsp3) is 0.0435. The molecule has 4 rings (SSSR count). The number of benzene rings is 3. The molecule has 3 aromatic carbocycles. The quantitative estimate of drug-likeness (QED) is 0.421. The molecule has 1 aliphatic rings. The van der Waals surface area contributed by atoms with E-state index < -0.39 is 0 Å². The van der Waals surface area contributed by atoms with Crippen molar-refractivity contribution in [3.63, 3.8) is 0 Å². The largest absolute Gasteiger partial charge is 0.351 e. The summed E-state index contributed by atoms with van der Waals surface area (Å²) in [6.07, 6.45) is 0. The van der Waals surface area contributed by atoms with Crippen molar-refractivity contribution in [2.45, 2.75) is 6.04 Å². The highest BCUT2D eigenvalue weighted by molar-refractivity contribution is 9.10. The van der Waals surface area contributed by atoms with Gasteiger partial charge >= 0.3 is 0 Å². The summed E-state index contributed by atoms with van der Waals surface area (Å²) in [5.74, 6) is -0.0325. The predicted octanol–water partition coefficient (Wildman–Crippen LogP) is 5.26. The van der Waals surface area contributed by atoms with Gasteiger partial charge in [0.1, 0.15) is 0 Å². The average Bonchev–Trinajstić information content (AvgIpc) is 2.74.